The molecule has 4 nitrogen and oxygen atoms in total. The van der Waals surface area contributed by atoms with Crippen molar-refractivity contribution < 1.29 is 9.53 Å². The fraction of sp³-hybridized carbons (Fsp3) is 0.111. The Morgan fingerprint density at radius 2 is 1.96 bits per heavy atom. The van der Waals surface area contributed by atoms with Crippen LogP contribution in [0.1, 0.15) is 12.5 Å². The molecule has 0 spiro atoms. The zero-order valence-electron chi connectivity index (χ0n) is 13.0. The largest absolute Gasteiger partial charge is 0.494 e. The third-order valence-electron chi connectivity index (χ3n) is 3.21. The molecular formula is C18H15ClN2O2S. The number of ether oxygens (including phenoxy) is 1. The van der Waals surface area contributed by atoms with Gasteiger partial charge in [-0.25, -0.2) is 4.99 Å². The molecule has 0 bridgehead atoms. The van der Waals surface area contributed by atoms with Gasteiger partial charge in [0.1, 0.15) is 5.75 Å². The van der Waals surface area contributed by atoms with E-state index in [0.29, 0.717) is 27.4 Å². The second kappa shape index (κ2) is 7.55. The van der Waals surface area contributed by atoms with Crippen LogP contribution in [0, 0.1) is 0 Å². The molecule has 2 aromatic rings. The summed E-state index contributed by atoms with van der Waals surface area (Å²) in [6.45, 7) is 2.57. The molecule has 0 radical (unpaired) electrons. The van der Waals surface area contributed by atoms with E-state index in [1.165, 1.54) is 11.8 Å². The summed E-state index contributed by atoms with van der Waals surface area (Å²) >= 11 is 7.38. The van der Waals surface area contributed by atoms with Crippen LogP contribution >= 0.6 is 23.4 Å². The average Bonchev–Trinajstić information content (AvgIpc) is 2.91. The van der Waals surface area contributed by atoms with Crippen LogP contribution in [0.15, 0.2) is 58.4 Å². The van der Waals surface area contributed by atoms with E-state index in [2.05, 4.69) is 10.3 Å². The minimum absolute atomic E-state index is 0.167. The van der Waals surface area contributed by atoms with Gasteiger partial charge in [-0.1, -0.05) is 35.9 Å². The number of thioether (sulfide) groups is 1. The third kappa shape index (κ3) is 3.99. The fourth-order valence-corrected chi connectivity index (χ4v) is 3.12. The molecule has 0 aromatic heterocycles. The quantitative estimate of drug-likeness (QED) is 0.810. The summed E-state index contributed by atoms with van der Waals surface area (Å²) < 4.78 is 5.41. The first-order chi connectivity index (χ1) is 11.7. The molecule has 1 fully saturated rings. The molecule has 6 heteroatoms. The topological polar surface area (TPSA) is 50.7 Å². The standard InChI is InChI=1S/C18H15ClN2O2S/c1-2-23-13-9-7-12(8-10-13)11-16-17(22)21-18(24-16)20-15-6-4-3-5-14(15)19/h3-11H,2H2,1H3,(H,20,21,22)/b16-11-. The second-order valence-corrected chi connectivity index (χ2v) is 6.37. The lowest BCUT2D eigenvalue weighted by atomic mass is 10.2. The number of benzene rings is 2. The molecule has 1 N–H and O–H groups in total. The van der Waals surface area contributed by atoms with E-state index in [4.69, 9.17) is 16.3 Å². The van der Waals surface area contributed by atoms with Crippen molar-refractivity contribution in [2.75, 3.05) is 6.61 Å². The number of carbonyl (C=O) groups is 1. The normalized spacial score (nSPS) is 17.3. The molecule has 1 aliphatic heterocycles. The van der Waals surface area contributed by atoms with E-state index in [0.717, 1.165) is 11.3 Å². The highest BCUT2D eigenvalue weighted by Gasteiger charge is 2.23. The predicted octanol–water partition coefficient (Wildman–Crippen LogP) is 4.63. The summed E-state index contributed by atoms with van der Waals surface area (Å²) in [7, 11) is 0. The first kappa shape index (κ1) is 16.6. The van der Waals surface area contributed by atoms with E-state index in [9.17, 15) is 4.79 Å². The van der Waals surface area contributed by atoms with Gasteiger partial charge < -0.3 is 10.1 Å². The monoisotopic (exact) mass is 358 g/mol. The van der Waals surface area contributed by atoms with Gasteiger partial charge in [0.05, 0.1) is 22.2 Å². The number of para-hydroxylation sites is 1. The van der Waals surface area contributed by atoms with E-state index in [1.54, 1.807) is 12.1 Å². The summed E-state index contributed by atoms with van der Waals surface area (Å²) in [5.74, 6) is 0.642. The van der Waals surface area contributed by atoms with Gasteiger partial charge in [0.2, 0.25) is 0 Å². The summed E-state index contributed by atoms with van der Waals surface area (Å²) in [6.07, 6.45) is 1.82. The van der Waals surface area contributed by atoms with E-state index in [1.807, 2.05) is 49.4 Å². The number of amides is 1. The average molecular weight is 359 g/mol. The van der Waals surface area contributed by atoms with E-state index in [-0.39, 0.29) is 5.91 Å². The maximum absolute atomic E-state index is 12.1. The Kier molecular flexibility index (Phi) is 5.23. The number of hydrogen-bond acceptors (Lipinski definition) is 4. The SMILES string of the molecule is CCOc1ccc(/C=C2\SC(=Nc3ccccc3Cl)NC2=O)cc1. The number of aliphatic imine (C=N–C) groups is 1. The molecule has 1 amide bonds. The molecule has 122 valence electrons. The van der Waals surface area contributed by atoms with Crippen molar-refractivity contribution in [3.05, 3.63) is 64.0 Å². The molecule has 1 heterocycles. The van der Waals surface area contributed by atoms with Crippen LogP contribution in [0.3, 0.4) is 0 Å². The number of nitrogens with one attached hydrogen (secondary N) is 1. The number of halogens is 1. The molecular weight excluding hydrogens is 344 g/mol. The highest BCUT2D eigenvalue weighted by molar-refractivity contribution is 8.18. The molecule has 24 heavy (non-hydrogen) atoms. The second-order valence-electron chi connectivity index (χ2n) is 4.94. The van der Waals surface area contributed by atoms with Gasteiger partial charge in [-0.3, -0.25) is 4.79 Å². The molecule has 1 aliphatic rings. The Labute approximate surface area is 149 Å². The van der Waals surface area contributed by atoms with Gasteiger partial charge in [-0.05, 0) is 54.6 Å². The molecule has 0 unspecified atom stereocenters. The molecule has 1 saturated heterocycles. The molecule has 3 rings (SSSR count). The Morgan fingerprint density at radius 3 is 2.67 bits per heavy atom. The number of nitrogens with zero attached hydrogens (tertiary/aromatic N) is 1. The predicted molar refractivity (Wildman–Crippen MR) is 99.9 cm³/mol. The number of rotatable bonds is 4. The van der Waals surface area contributed by atoms with Crippen molar-refractivity contribution in [2.24, 2.45) is 4.99 Å². The van der Waals surface area contributed by atoms with Gasteiger partial charge in [0.15, 0.2) is 5.17 Å². The minimum atomic E-state index is -0.167. The Bertz CT molecular complexity index is 816. The Balaban J connectivity index is 1.78. The van der Waals surface area contributed by atoms with Gasteiger partial charge >= 0.3 is 0 Å². The zero-order chi connectivity index (χ0) is 16.9. The molecule has 0 atom stereocenters. The van der Waals surface area contributed by atoms with Crippen LogP contribution in [0.4, 0.5) is 5.69 Å². The lowest BCUT2D eigenvalue weighted by molar-refractivity contribution is -0.115. The Morgan fingerprint density at radius 1 is 1.21 bits per heavy atom. The van der Waals surface area contributed by atoms with Crippen LogP contribution in [-0.2, 0) is 4.79 Å². The van der Waals surface area contributed by atoms with Gasteiger partial charge in [-0.15, -0.1) is 0 Å². The molecule has 0 saturated carbocycles. The van der Waals surface area contributed by atoms with Crippen molar-refractivity contribution in [1.82, 2.24) is 5.32 Å². The van der Waals surface area contributed by atoms with E-state index < -0.39 is 0 Å². The van der Waals surface area contributed by atoms with Crippen molar-refractivity contribution in [3.8, 4) is 5.75 Å². The maximum Gasteiger partial charge on any atom is 0.264 e. The van der Waals surface area contributed by atoms with Gasteiger partial charge in [0, 0.05) is 0 Å². The van der Waals surface area contributed by atoms with Crippen LogP contribution in [-0.4, -0.2) is 17.7 Å². The van der Waals surface area contributed by atoms with E-state index >= 15 is 0 Å². The maximum atomic E-state index is 12.1. The third-order valence-corrected chi connectivity index (χ3v) is 4.44. The van der Waals surface area contributed by atoms with Crippen molar-refractivity contribution in [2.45, 2.75) is 6.92 Å². The number of hydrogen-bond donors (Lipinski definition) is 1. The molecule has 2 aromatic carbocycles. The summed E-state index contributed by atoms with van der Waals surface area (Å²) in [6, 6.07) is 14.8. The van der Waals surface area contributed by atoms with Crippen molar-refractivity contribution in [3.63, 3.8) is 0 Å². The zero-order valence-corrected chi connectivity index (χ0v) is 14.5. The first-order valence-electron chi connectivity index (χ1n) is 7.42. The smallest absolute Gasteiger partial charge is 0.264 e. The fourth-order valence-electron chi connectivity index (χ4n) is 2.11. The lowest BCUT2D eigenvalue weighted by Crippen LogP contribution is -2.19. The van der Waals surface area contributed by atoms with Crippen molar-refractivity contribution in [1.29, 1.82) is 0 Å². The minimum Gasteiger partial charge on any atom is -0.494 e. The first-order valence-corrected chi connectivity index (χ1v) is 8.62. The summed E-state index contributed by atoms with van der Waals surface area (Å²) in [5, 5.41) is 3.82. The highest BCUT2D eigenvalue weighted by Crippen LogP contribution is 2.30. The van der Waals surface area contributed by atoms with Crippen LogP contribution in [0.5, 0.6) is 5.75 Å². The number of amidine groups is 1. The number of carbonyl (C=O) groups excluding carboxylic acids is 1. The Hall–Kier alpha value is -2.24. The van der Waals surface area contributed by atoms with Crippen LogP contribution in [0.25, 0.3) is 6.08 Å². The summed E-state index contributed by atoms with van der Waals surface area (Å²) in [4.78, 5) is 17.1. The lowest BCUT2D eigenvalue weighted by Gasteiger charge is -2.02. The highest BCUT2D eigenvalue weighted by atomic mass is 35.5. The molecule has 0 aliphatic carbocycles. The van der Waals surface area contributed by atoms with Crippen LogP contribution < -0.4 is 10.1 Å². The van der Waals surface area contributed by atoms with Gasteiger partial charge in [0.25, 0.3) is 5.91 Å². The van der Waals surface area contributed by atoms with Crippen molar-refractivity contribution >= 4 is 46.2 Å². The van der Waals surface area contributed by atoms with Gasteiger partial charge in [-0.2, -0.15) is 0 Å². The summed E-state index contributed by atoms with van der Waals surface area (Å²) in [5.41, 5.74) is 1.55. The van der Waals surface area contributed by atoms with Crippen LogP contribution in [0.2, 0.25) is 5.02 Å².